The fourth-order valence-corrected chi connectivity index (χ4v) is 8.37. The van der Waals surface area contributed by atoms with Gasteiger partial charge in [-0.25, -0.2) is 0 Å². The summed E-state index contributed by atoms with van der Waals surface area (Å²) in [6, 6.07) is 88.8. The topological polar surface area (TPSA) is 9.72 Å². The van der Waals surface area contributed by atoms with E-state index in [9.17, 15) is 0 Å². The zero-order valence-electron chi connectivity index (χ0n) is 32.5. The van der Waals surface area contributed by atoms with Crippen molar-refractivity contribution < 1.29 is 0 Å². The average Bonchev–Trinajstić information content (AvgIpc) is 3.32. The maximum Gasteiger partial charge on any atom is 0.0618 e. The quantitative estimate of drug-likeness (QED) is 0.129. The van der Waals surface area contributed by atoms with Crippen molar-refractivity contribution in [1.82, 2.24) is 0 Å². The van der Waals surface area contributed by atoms with Gasteiger partial charge in [0, 0.05) is 56.3 Å². The van der Waals surface area contributed by atoms with Crippen molar-refractivity contribution in [2.24, 2.45) is 0 Å². The summed E-state index contributed by atoms with van der Waals surface area (Å²) in [4.78, 5) is 7.06. The van der Waals surface area contributed by atoms with Crippen LogP contribution in [0.15, 0.2) is 249 Å². The third-order valence-corrected chi connectivity index (χ3v) is 11.0. The molecule has 0 saturated heterocycles. The standard InChI is InChI=1S/C56H41N3/c1-6-20-42(21-7-1)55-51-30-16-18-32-53(51)56(54-33-19-17-31-52(54)55)59(49-38-34-47(35-39-49)57(43-22-8-2-9-23-43)44-24-10-3-11-25-44)50-40-36-48(37-41-50)58(45-26-12-4-13-27-45)46-28-14-5-15-29-46/h1-41H. The minimum atomic E-state index is 1.06. The molecule has 0 unspecified atom stereocenters. The second-order valence-corrected chi connectivity index (χ2v) is 14.6. The van der Waals surface area contributed by atoms with E-state index in [1.807, 2.05) is 0 Å². The SMILES string of the molecule is c1ccc(-c2c3ccccc3c(N(c3ccc(N(c4ccccc4)c4ccccc4)cc3)c3ccc(N(c4ccccc4)c4ccccc4)cc3)c3ccccc23)cc1. The summed E-state index contributed by atoms with van der Waals surface area (Å²) in [6.07, 6.45) is 0. The molecule has 0 spiro atoms. The molecule has 0 N–H and O–H groups in total. The largest absolute Gasteiger partial charge is 0.311 e. The summed E-state index contributed by atoms with van der Waals surface area (Å²) in [5.74, 6) is 0. The Balaban J connectivity index is 1.18. The van der Waals surface area contributed by atoms with Crippen molar-refractivity contribution in [3.8, 4) is 11.1 Å². The first-order valence-corrected chi connectivity index (χ1v) is 20.1. The molecule has 0 aliphatic carbocycles. The molecule has 3 nitrogen and oxygen atoms in total. The van der Waals surface area contributed by atoms with Crippen LogP contribution in [0, 0.1) is 0 Å². The van der Waals surface area contributed by atoms with Gasteiger partial charge in [0.1, 0.15) is 0 Å². The summed E-state index contributed by atoms with van der Waals surface area (Å²) < 4.78 is 0. The second kappa shape index (κ2) is 15.9. The monoisotopic (exact) mass is 755 g/mol. The zero-order valence-corrected chi connectivity index (χ0v) is 32.5. The van der Waals surface area contributed by atoms with Crippen molar-refractivity contribution in [3.05, 3.63) is 249 Å². The molecular weight excluding hydrogens is 715 g/mol. The molecule has 0 bridgehead atoms. The van der Waals surface area contributed by atoms with E-state index in [2.05, 4.69) is 263 Å². The van der Waals surface area contributed by atoms with Gasteiger partial charge in [-0.3, -0.25) is 0 Å². The van der Waals surface area contributed by atoms with Crippen LogP contribution in [0.5, 0.6) is 0 Å². The third kappa shape index (κ3) is 6.85. The lowest BCUT2D eigenvalue weighted by Crippen LogP contribution is -2.14. The number of fused-ring (bicyclic) bond motifs is 2. The lowest BCUT2D eigenvalue weighted by Gasteiger charge is -2.31. The highest BCUT2D eigenvalue weighted by Gasteiger charge is 2.23. The summed E-state index contributed by atoms with van der Waals surface area (Å²) in [5, 5.41) is 4.79. The predicted octanol–water partition coefficient (Wildman–Crippen LogP) is 16.1. The van der Waals surface area contributed by atoms with Crippen LogP contribution < -0.4 is 14.7 Å². The van der Waals surface area contributed by atoms with Crippen LogP contribution in [0.25, 0.3) is 32.7 Å². The first-order valence-electron chi connectivity index (χ1n) is 20.1. The Morgan fingerprint density at radius 1 is 0.186 bits per heavy atom. The Morgan fingerprint density at radius 3 is 0.746 bits per heavy atom. The van der Waals surface area contributed by atoms with Gasteiger partial charge >= 0.3 is 0 Å². The maximum absolute atomic E-state index is 2.44. The van der Waals surface area contributed by atoms with Gasteiger partial charge in [-0.15, -0.1) is 0 Å². The summed E-state index contributed by atoms with van der Waals surface area (Å²) in [7, 11) is 0. The molecule has 0 aromatic heterocycles. The van der Waals surface area contributed by atoms with Crippen LogP contribution in [0.4, 0.5) is 51.2 Å². The van der Waals surface area contributed by atoms with Crippen LogP contribution in [-0.4, -0.2) is 0 Å². The van der Waals surface area contributed by atoms with Gasteiger partial charge in [-0.1, -0.05) is 152 Å². The van der Waals surface area contributed by atoms with Gasteiger partial charge in [0.15, 0.2) is 0 Å². The summed E-state index contributed by atoms with van der Waals surface area (Å²) in [5.41, 5.74) is 12.3. The number of hydrogen-bond acceptors (Lipinski definition) is 3. The highest BCUT2D eigenvalue weighted by atomic mass is 15.2. The van der Waals surface area contributed by atoms with Crippen molar-refractivity contribution in [1.29, 1.82) is 0 Å². The molecule has 0 saturated carbocycles. The Bertz CT molecular complexity index is 2690. The number of anilines is 9. The molecule has 0 fully saturated rings. The molecule has 10 aromatic carbocycles. The molecule has 0 aliphatic rings. The number of para-hydroxylation sites is 4. The van der Waals surface area contributed by atoms with Gasteiger partial charge in [-0.05, 0) is 119 Å². The van der Waals surface area contributed by atoms with Gasteiger partial charge < -0.3 is 14.7 Å². The molecule has 280 valence electrons. The molecule has 0 amide bonds. The van der Waals surface area contributed by atoms with E-state index in [1.165, 1.54) is 32.7 Å². The molecule has 10 rings (SSSR count). The van der Waals surface area contributed by atoms with E-state index in [-0.39, 0.29) is 0 Å². The lowest BCUT2D eigenvalue weighted by molar-refractivity contribution is 1.25. The fourth-order valence-electron chi connectivity index (χ4n) is 8.37. The summed E-state index contributed by atoms with van der Waals surface area (Å²) >= 11 is 0. The first kappa shape index (κ1) is 35.5. The first-order chi connectivity index (χ1) is 29.3. The van der Waals surface area contributed by atoms with Crippen molar-refractivity contribution in [3.63, 3.8) is 0 Å². The summed E-state index contributed by atoms with van der Waals surface area (Å²) in [6.45, 7) is 0. The number of hydrogen-bond donors (Lipinski definition) is 0. The van der Waals surface area contributed by atoms with Crippen molar-refractivity contribution >= 4 is 72.7 Å². The number of nitrogens with zero attached hydrogens (tertiary/aromatic N) is 3. The number of benzene rings is 10. The van der Waals surface area contributed by atoms with Crippen LogP contribution in [-0.2, 0) is 0 Å². The highest BCUT2D eigenvalue weighted by Crippen LogP contribution is 2.49. The number of rotatable bonds is 10. The molecule has 0 heterocycles. The van der Waals surface area contributed by atoms with E-state index in [0.29, 0.717) is 0 Å². The molecule has 10 aromatic rings. The van der Waals surface area contributed by atoms with E-state index in [1.54, 1.807) is 0 Å². The Kier molecular flexibility index (Phi) is 9.59. The van der Waals surface area contributed by atoms with E-state index in [0.717, 1.165) is 51.2 Å². The third-order valence-electron chi connectivity index (χ3n) is 11.0. The zero-order chi connectivity index (χ0) is 39.4. The van der Waals surface area contributed by atoms with Crippen LogP contribution in [0.3, 0.4) is 0 Å². The average molecular weight is 756 g/mol. The molecule has 59 heavy (non-hydrogen) atoms. The fraction of sp³-hybridized carbons (Fsp3) is 0. The molecular formula is C56H41N3. The maximum atomic E-state index is 2.44. The minimum absolute atomic E-state index is 1.06. The Hall–Kier alpha value is -7.88. The van der Waals surface area contributed by atoms with E-state index < -0.39 is 0 Å². The van der Waals surface area contributed by atoms with Crippen LogP contribution in [0.2, 0.25) is 0 Å². The predicted molar refractivity (Wildman–Crippen MR) is 251 cm³/mol. The Morgan fingerprint density at radius 2 is 0.424 bits per heavy atom. The van der Waals surface area contributed by atoms with Crippen molar-refractivity contribution in [2.75, 3.05) is 14.7 Å². The highest BCUT2D eigenvalue weighted by molar-refractivity contribution is 6.22. The minimum Gasteiger partial charge on any atom is -0.311 e. The molecule has 0 radical (unpaired) electrons. The van der Waals surface area contributed by atoms with Crippen LogP contribution >= 0.6 is 0 Å². The van der Waals surface area contributed by atoms with Crippen LogP contribution in [0.1, 0.15) is 0 Å². The smallest absolute Gasteiger partial charge is 0.0618 e. The van der Waals surface area contributed by atoms with Crippen molar-refractivity contribution in [2.45, 2.75) is 0 Å². The normalized spacial score (nSPS) is 11.1. The second-order valence-electron chi connectivity index (χ2n) is 14.6. The van der Waals surface area contributed by atoms with Gasteiger partial charge in [0.25, 0.3) is 0 Å². The van der Waals surface area contributed by atoms with Gasteiger partial charge in [0.05, 0.1) is 5.69 Å². The molecule has 3 heteroatoms. The van der Waals surface area contributed by atoms with E-state index in [4.69, 9.17) is 0 Å². The Labute approximate surface area is 345 Å². The molecule has 0 atom stereocenters. The lowest BCUT2D eigenvalue weighted by atomic mass is 9.90. The van der Waals surface area contributed by atoms with E-state index >= 15 is 0 Å². The van der Waals surface area contributed by atoms with Gasteiger partial charge in [0.2, 0.25) is 0 Å². The van der Waals surface area contributed by atoms with Gasteiger partial charge in [-0.2, -0.15) is 0 Å². The molecule has 0 aliphatic heterocycles.